The smallest absolute Gasteiger partial charge is 0.257 e. The van der Waals surface area contributed by atoms with Crippen LogP contribution >= 0.6 is 0 Å². The van der Waals surface area contributed by atoms with Gasteiger partial charge in [0.1, 0.15) is 5.82 Å². The third-order valence-electron chi connectivity index (χ3n) is 3.94. The van der Waals surface area contributed by atoms with Crippen molar-refractivity contribution in [2.24, 2.45) is 0 Å². The number of hydrogen-bond donors (Lipinski definition) is 1. The van der Waals surface area contributed by atoms with Crippen molar-refractivity contribution in [3.05, 3.63) is 95.2 Å². The third kappa shape index (κ3) is 4.07. The van der Waals surface area contributed by atoms with Crippen molar-refractivity contribution < 1.29 is 4.79 Å². The molecule has 0 spiro atoms. The van der Waals surface area contributed by atoms with Crippen LogP contribution in [0.1, 0.15) is 27.0 Å². The first-order valence-corrected chi connectivity index (χ1v) is 8.08. The minimum Gasteiger partial charge on any atom is -0.307 e. The number of carbonyl (C=O) groups is 1. The molecule has 24 heavy (non-hydrogen) atoms. The van der Waals surface area contributed by atoms with Gasteiger partial charge >= 0.3 is 0 Å². The van der Waals surface area contributed by atoms with E-state index in [0.717, 1.165) is 24.0 Å². The van der Waals surface area contributed by atoms with Gasteiger partial charge < -0.3 is 5.32 Å². The quantitative estimate of drug-likeness (QED) is 0.756. The highest BCUT2D eigenvalue weighted by Crippen LogP contribution is 2.15. The highest BCUT2D eigenvalue weighted by atomic mass is 16.1. The van der Waals surface area contributed by atoms with Gasteiger partial charge in [0.15, 0.2) is 0 Å². The lowest BCUT2D eigenvalue weighted by atomic mass is 9.99. The Hall–Kier alpha value is -2.94. The number of nitrogens with one attached hydrogen (secondary N) is 1. The molecule has 0 unspecified atom stereocenters. The zero-order chi connectivity index (χ0) is 16.8. The zero-order valence-electron chi connectivity index (χ0n) is 13.7. The Morgan fingerprint density at radius 2 is 1.71 bits per heavy atom. The van der Waals surface area contributed by atoms with E-state index < -0.39 is 0 Å². The van der Waals surface area contributed by atoms with Crippen LogP contribution < -0.4 is 5.32 Å². The number of benzene rings is 2. The molecule has 3 nitrogen and oxygen atoms in total. The van der Waals surface area contributed by atoms with E-state index in [-0.39, 0.29) is 5.91 Å². The molecule has 3 rings (SSSR count). The van der Waals surface area contributed by atoms with Gasteiger partial charge in [0.05, 0.1) is 0 Å². The molecule has 0 aliphatic rings. The number of pyridine rings is 1. The van der Waals surface area contributed by atoms with Crippen LogP contribution in [-0.2, 0) is 12.8 Å². The van der Waals surface area contributed by atoms with E-state index in [1.54, 1.807) is 6.20 Å². The van der Waals surface area contributed by atoms with Gasteiger partial charge in [0, 0.05) is 11.8 Å². The summed E-state index contributed by atoms with van der Waals surface area (Å²) in [5, 5.41) is 2.89. The third-order valence-corrected chi connectivity index (χ3v) is 3.94. The Morgan fingerprint density at radius 3 is 2.50 bits per heavy atom. The van der Waals surface area contributed by atoms with Gasteiger partial charge in [-0.15, -0.1) is 0 Å². The summed E-state index contributed by atoms with van der Waals surface area (Å²) in [6.45, 7) is 1.98. The molecule has 1 aromatic heterocycles. The molecule has 0 saturated carbocycles. The predicted octanol–water partition coefficient (Wildman–Crippen LogP) is 4.43. The largest absolute Gasteiger partial charge is 0.307 e. The molecule has 0 fully saturated rings. The second-order valence-corrected chi connectivity index (χ2v) is 5.82. The lowest BCUT2D eigenvalue weighted by Crippen LogP contribution is -2.15. The fraction of sp³-hybridized carbons (Fsp3) is 0.143. The topological polar surface area (TPSA) is 42.0 Å². The summed E-state index contributed by atoms with van der Waals surface area (Å²) in [5.41, 5.74) is 4.09. The Morgan fingerprint density at radius 1 is 0.958 bits per heavy atom. The second-order valence-electron chi connectivity index (χ2n) is 5.82. The van der Waals surface area contributed by atoms with Crippen LogP contribution in [0.4, 0.5) is 5.82 Å². The van der Waals surface area contributed by atoms with Gasteiger partial charge in [-0.1, -0.05) is 48.5 Å². The fourth-order valence-electron chi connectivity index (χ4n) is 2.67. The van der Waals surface area contributed by atoms with E-state index in [2.05, 4.69) is 22.4 Å². The minimum atomic E-state index is -0.114. The lowest BCUT2D eigenvalue weighted by Gasteiger charge is -2.10. The Bertz CT molecular complexity index is 828. The molecule has 3 heteroatoms. The van der Waals surface area contributed by atoms with Crippen molar-refractivity contribution in [1.29, 1.82) is 0 Å². The van der Waals surface area contributed by atoms with Gasteiger partial charge in [-0.05, 0) is 54.7 Å². The van der Waals surface area contributed by atoms with Gasteiger partial charge in [-0.25, -0.2) is 4.98 Å². The molecule has 0 aliphatic carbocycles. The Balaban J connectivity index is 1.74. The summed E-state index contributed by atoms with van der Waals surface area (Å²) in [6, 6.07) is 21.8. The predicted molar refractivity (Wildman–Crippen MR) is 97.2 cm³/mol. The summed E-state index contributed by atoms with van der Waals surface area (Å²) in [6.07, 6.45) is 3.44. The monoisotopic (exact) mass is 316 g/mol. The molecule has 120 valence electrons. The van der Waals surface area contributed by atoms with Crippen LogP contribution in [0.5, 0.6) is 0 Å². The molecule has 0 radical (unpaired) electrons. The number of anilines is 1. The van der Waals surface area contributed by atoms with Gasteiger partial charge in [0.25, 0.3) is 5.91 Å². The number of amides is 1. The molecule has 0 bridgehead atoms. The normalized spacial score (nSPS) is 10.4. The summed E-state index contributed by atoms with van der Waals surface area (Å²) in [4.78, 5) is 16.8. The fourth-order valence-corrected chi connectivity index (χ4v) is 2.67. The van der Waals surface area contributed by atoms with E-state index in [4.69, 9.17) is 0 Å². The van der Waals surface area contributed by atoms with Gasteiger partial charge in [0.2, 0.25) is 0 Å². The zero-order valence-corrected chi connectivity index (χ0v) is 13.7. The summed E-state index contributed by atoms with van der Waals surface area (Å²) < 4.78 is 0. The first kappa shape index (κ1) is 15.9. The first-order valence-electron chi connectivity index (χ1n) is 8.08. The van der Waals surface area contributed by atoms with Gasteiger partial charge in [-0.3, -0.25) is 4.79 Å². The van der Waals surface area contributed by atoms with Crippen LogP contribution in [0, 0.1) is 6.92 Å². The molecular formula is C21H20N2O. The molecule has 0 atom stereocenters. The summed E-state index contributed by atoms with van der Waals surface area (Å²) in [7, 11) is 0. The molecule has 1 N–H and O–H groups in total. The van der Waals surface area contributed by atoms with Crippen molar-refractivity contribution in [1.82, 2.24) is 4.98 Å². The number of carbonyl (C=O) groups excluding carboxylic acids is 1. The number of aromatic nitrogens is 1. The van der Waals surface area contributed by atoms with Crippen LogP contribution in [0.3, 0.4) is 0 Å². The van der Waals surface area contributed by atoms with Crippen molar-refractivity contribution >= 4 is 11.7 Å². The van der Waals surface area contributed by atoms with Crippen molar-refractivity contribution in [3.8, 4) is 0 Å². The van der Waals surface area contributed by atoms with Crippen LogP contribution in [0.15, 0.2) is 72.9 Å². The van der Waals surface area contributed by atoms with E-state index in [1.807, 2.05) is 61.5 Å². The molecule has 0 aliphatic heterocycles. The first-order chi connectivity index (χ1) is 11.7. The molecule has 3 aromatic rings. The maximum absolute atomic E-state index is 12.6. The highest BCUT2D eigenvalue weighted by molar-refractivity contribution is 6.04. The maximum Gasteiger partial charge on any atom is 0.257 e. The van der Waals surface area contributed by atoms with Crippen molar-refractivity contribution in [2.75, 3.05) is 5.32 Å². The lowest BCUT2D eigenvalue weighted by molar-refractivity contribution is 0.102. The van der Waals surface area contributed by atoms with Crippen LogP contribution in [-0.4, -0.2) is 10.9 Å². The van der Waals surface area contributed by atoms with E-state index in [9.17, 15) is 4.79 Å². The number of nitrogens with zero attached hydrogens (tertiary/aromatic N) is 1. The average Bonchev–Trinajstić information content (AvgIpc) is 2.61. The Kier molecular flexibility index (Phi) is 5.02. The number of rotatable bonds is 5. The average molecular weight is 316 g/mol. The van der Waals surface area contributed by atoms with Crippen molar-refractivity contribution in [3.63, 3.8) is 0 Å². The Labute approximate surface area is 142 Å². The second kappa shape index (κ2) is 7.55. The highest BCUT2D eigenvalue weighted by Gasteiger charge is 2.11. The number of hydrogen-bond acceptors (Lipinski definition) is 2. The summed E-state index contributed by atoms with van der Waals surface area (Å²) >= 11 is 0. The molecular weight excluding hydrogens is 296 g/mol. The van der Waals surface area contributed by atoms with Crippen LogP contribution in [0.25, 0.3) is 0 Å². The maximum atomic E-state index is 12.6. The molecule has 1 amide bonds. The van der Waals surface area contributed by atoms with Crippen molar-refractivity contribution in [2.45, 2.75) is 19.8 Å². The van der Waals surface area contributed by atoms with Gasteiger partial charge in [-0.2, -0.15) is 0 Å². The number of aryl methyl sites for hydroxylation is 3. The van der Waals surface area contributed by atoms with E-state index >= 15 is 0 Å². The van der Waals surface area contributed by atoms with E-state index in [1.165, 1.54) is 5.56 Å². The molecule has 0 saturated heterocycles. The molecule has 1 heterocycles. The standard InChI is InChI=1S/C21H20N2O/c1-16-13-14-22-20(15-16)23-21(24)19-10-6-5-9-18(19)12-11-17-7-3-2-4-8-17/h2-10,13-15H,11-12H2,1H3,(H,22,23,24). The molecule has 2 aromatic carbocycles. The van der Waals surface area contributed by atoms with Crippen LogP contribution in [0.2, 0.25) is 0 Å². The summed E-state index contributed by atoms with van der Waals surface area (Å²) in [5.74, 6) is 0.467. The van der Waals surface area contributed by atoms with E-state index in [0.29, 0.717) is 11.4 Å². The SMILES string of the molecule is Cc1ccnc(NC(=O)c2ccccc2CCc2ccccc2)c1. The minimum absolute atomic E-state index is 0.114.